The van der Waals surface area contributed by atoms with Crippen LogP contribution in [0, 0.1) is 34.5 Å². The lowest BCUT2D eigenvalue weighted by Gasteiger charge is -2.36. The van der Waals surface area contributed by atoms with E-state index in [0.29, 0.717) is 0 Å². The molecule has 0 aromatic rings. The quantitative estimate of drug-likeness (QED) is 0.425. The zero-order valence-electron chi connectivity index (χ0n) is 16.5. The Morgan fingerprint density at radius 2 is 1.25 bits per heavy atom. The van der Waals surface area contributed by atoms with E-state index in [-0.39, 0.29) is 5.41 Å². The van der Waals surface area contributed by atoms with E-state index in [4.69, 9.17) is 0 Å². The number of rotatable bonds is 9. The molecule has 0 aromatic carbocycles. The van der Waals surface area contributed by atoms with E-state index in [2.05, 4.69) is 19.9 Å². The van der Waals surface area contributed by atoms with Crippen molar-refractivity contribution in [3.63, 3.8) is 0 Å². The summed E-state index contributed by atoms with van der Waals surface area (Å²) in [5.74, 6) is 2.99. The highest BCUT2D eigenvalue weighted by atomic mass is 14.4. The molecule has 2 fully saturated rings. The molecule has 1 nitrogen and oxygen atoms in total. The van der Waals surface area contributed by atoms with Crippen molar-refractivity contribution in [1.82, 2.24) is 0 Å². The minimum Gasteiger partial charge on any atom is -0.198 e. The summed E-state index contributed by atoms with van der Waals surface area (Å²) in [6, 6.07) is 2.70. The number of hydrogen-bond acceptors (Lipinski definition) is 1. The van der Waals surface area contributed by atoms with Crippen molar-refractivity contribution >= 4 is 0 Å². The number of unbranched alkanes of at least 4 members (excludes halogenated alkanes) is 2. The molecule has 0 heterocycles. The van der Waals surface area contributed by atoms with Crippen molar-refractivity contribution in [2.24, 2.45) is 23.2 Å². The van der Waals surface area contributed by atoms with Gasteiger partial charge in [-0.15, -0.1) is 0 Å². The molecule has 0 atom stereocenters. The second-order valence-electron chi connectivity index (χ2n) is 9.05. The molecular weight excluding hydrogens is 290 g/mol. The third kappa shape index (κ3) is 6.09. The molecule has 0 aromatic heterocycles. The molecule has 0 N–H and O–H groups in total. The van der Waals surface area contributed by atoms with Crippen molar-refractivity contribution in [2.45, 2.75) is 117 Å². The Kier molecular flexibility index (Phi) is 8.65. The van der Waals surface area contributed by atoms with E-state index in [9.17, 15) is 5.26 Å². The molecule has 138 valence electrons. The van der Waals surface area contributed by atoms with Crippen LogP contribution < -0.4 is 0 Å². The molecule has 0 aliphatic heterocycles. The molecule has 1 heteroatoms. The van der Waals surface area contributed by atoms with E-state index < -0.39 is 0 Å². The molecule has 0 spiro atoms. The summed E-state index contributed by atoms with van der Waals surface area (Å²) < 4.78 is 0. The van der Waals surface area contributed by atoms with Gasteiger partial charge in [-0.1, -0.05) is 84.5 Å². The van der Waals surface area contributed by atoms with Crippen molar-refractivity contribution in [2.75, 3.05) is 0 Å². The van der Waals surface area contributed by atoms with Gasteiger partial charge in [0.15, 0.2) is 0 Å². The Bertz CT molecular complexity index is 364. The van der Waals surface area contributed by atoms with Crippen LogP contribution in [0.5, 0.6) is 0 Å². The fourth-order valence-corrected chi connectivity index (χ4v) is 5.22. The first-order chi connectivity index (χ1) is 11.7. The lowest BCUT2D eigenvalue weighted by Crippen LogP contribution is -2.26. The maximum absolute atomic E-state index is 9.62. The third-order valence-electron chi connectivity index (χ3n) is 7.22. The van der Waals surface area contributed by atoms with Crippen LogP contribution in [-0.2, 0) is 0 Å². The van der Waals surface area contributed by atoms with Gasteiger partial charge in [-0.25, -0.2) is 0 Å². The van der Waals surface area contributed by atoms with Crippen LogP contribution in [0.15, 0.2) is 0 Å². The maximum Gasteiger partial charge on any atom is 0.0689 e. The second kappa shape index (κ2) is 10.5. The van der Waals surface area contributed by atoms with Crippen molar-refractivity contribution in [3.8, 4) is 6.07 Å². The van der Waals surface area contributed by atoms with Crippen LogP contribution in [0.25, 0.3) is 0 Å². The van der Waals surface area contributed by atoms with Crippen LogP contribution in [0.2, 0.25) is 0 Å². The highest BCUT2D eigenvalue weighted by Gasteiger charge is 2.35. The van der Waals surface area contributed by atoms with Gasteiger partial charge in [-0.05, 0) is 49.9 Å². The summed E-state index contributed by atoms with van der Waals surface area (Å²) in [6.45, 7) is 4.56. The largest absolute Gasteiger partial charge is 0.198 e. The molecule has 2 rings (SSSR count). The second-order valence-corrected chi connectivity index (χ2v) is 9.05. The first-order valence-electron chi connectivity index (χ1n) is 11.1. The maximum atomic E-state index is 9.62. The molecule has 0 saturated heterocycles. The van der Waals surface area contributed by atoms with Crippen LogP contribution >= 0.6 is 0 Å². The third-order valence-corrected chi connectivity index (χ3v) is 7.22. The smallest absolute Gasteiger partial charge is 0.0689 e. The topological polar surface area (TPSA) is 23.8 Å². The fraction of sp³-hybridized carbons (Fsp3) is 0.957. The van der Waals surface area contributed by atoms with E-state index in [1.807, 2.05) is 0 Å². The Labute approximate surface area is 151 Å². The lowest BCUT2D eigenvalue weighted by molar-refractivity contribution is 0.171. The first kappa shape index (κ1) is 19.8. The highest BCUT2D eigenvalue weighted by molar-refractivity contribution is 5.01. The van der Waals surface area contributed by atoms with Crippen molar-refractivity contribution in [1.29, 1.82) is 5.26 Å². The molecule has 0 amide bonds. The average Bonchev–Trinajstić information content (AvgIpc) is 2.65. The molecule has 0 radical (unpaired) electrons. The minimum absolute atomic E-state index is 0.0455. The predicted molar refractivity (Wildman–Crippen MR) is 104 cm³/mol. The molecule has 0 bridgehead atoms. The van der Waals surface area contributed by atoms with Gasteiger partial charge in [0.2, 0.25) is 0 Å². The molecule has 2 aliphatic carbocycles. The Balaban J connectivity index is 1.62. The summed E-state index contributed by atoms with van der Waals surface area (Å²) in [5.41, 5.74) is 0.0455. The summed E-state index contributed by atoms with van der Waals surface area (Å²) in [7, 11) is 0. The number of nitrogens with zero attached hydrogens (tertiary/aromatic N) is 1. The van der Waals surface area contributed by atoms with Gasteiger partial charge in [0.25, 0.3) is 0 Å². The number of nitriles is 1. The highest BCUT2D eigenvalue weighted by Crippen LogP contribution is 2.44. The standard InChI is InChI=1S/C23H41N/c1-3-5-7-20-8-10-21(11-9-20)12-13-22-14-17-23(19-24,18-15-22)16-6-4-2/h20-22H,3-18H2,1-2H3/t20-,21-,22-,23-. The monoisotopic (exact) mass is 331 g/mol. The van der Waals surface area contributed by atoms with Crippen LogP contribution in [0.1, 0.15) is 117 Å². The van der Waals surface area contributed by atoms with E-state index in [1.165, 1.54) is 96.3 Å². The Morgan fingerprint density at radius 3 is 1.75 bits per heavy atom. The zero-order valence-corrected chi connectivity index (χ0v) is 16.5. The zero-order chi connectivity index (χ0) is 17.3. The lowest BCUT2D eigenvalue weighted by atomic mass is 9.67. The molecule has 2 saturated carbocycles. The average molecular weight is 332 g/mol. The van der Waals surface area contributed by atoms with Crippen LogP contribution in [0.4, 0.5) is 0 Å². The first-order valence-corrected chi connectivity index (χ1v) is 11.1. The van der Waals surface area contributed by atoms with Gasteiger partial charge < -0.3 is 0 Å². The van der Waals surface area contributed by atoms with E-state index in [1.54, 1.807) is 0 Å². The van der Waals surface area contributed by atoms with Gasteiger partial charge in [-0.2, -0.15) is 5.26 Å². The van der Waals surface area contributed by atoms with Gasteiger partial charge in [0.1, 0.15) is 0 Å². The summed E-state index contributed by atoms with van der Waals surface area (Å²) >= 11 is 0. The van der Waals surface area contributed by atoms with E-state index in [0.717, 1.165) is 24.2 Å². The van der Waals surface area contributed by atoms with E-state index >= 15 is 0 Å². The van der Waals surface area contributed by atoms with Gasteiger partial charge in [-0.3, -0.25) is 0 Å². The summed E-state index contributed by atoms with van der Waals surface area (Å²) in [6.07, 6.45) is 21.8. The molecular formula is C23H41N. The SMILES string of the molecule is CCCC[C@H]1CC[C@H](CC[C@H]2CC[C@@](C#N)(CCCC)CC2)CC1. The van der Waals surface area contributed by atoms with Crippen LogP contribution in [0.3, 0.4) is 0 Å². The fourth-order valence-electron chi connectivity index (χ4n) is 5.22. The predicted octanol–water partition coefficient (Wildman–Crippen LogP) is 7.65. The summed E-state index contributed by atoms with van der Waals surface area (Å²) in [4.78, 5) is 0. The van der Waals surface area contributed by atoms with Gasteiger partial charge >= 0.3 is 0 Å². The van der Waals surface area contributed by atoms with Gasteiger partial charge in [0.05, 0.1) is 11.5 Å². The molecule has 2 aliphatic rings. The van der Waals surface area contributed by atoms with Gasteiger partial charge in [0, 0.05) is 0 Å². The minimum atomic E-state index is 0.0455. The molecule has 24 heavy (non-hydrogen) atoms. The summed E-state index contributed by atoms with van der Waals surface area (Å²) in [5, 5.41) is 9.62. The van der Waals surface area contributed by atoms with Crippen LogP contribution in [-0.4, -0.2) is 0 Å². The Hall–Kier alpha value is -0.510. The van der Waals surface area contributed by atoms with Crippen molar-refractivity contribution < 1.29 is 0 Å². The number of hydrogen-bond donors (Lipinski definition) is 0. The normalized spacial score (nSPS) is 34.0. The molecule has 0 unspecified atom stereocenters. The Morgan fingerprint density at radius 1 is 0.750 bits per heavy atom. The van der Waals surface area contributed by atoms with Crippen molar-refractivity contribution in [3.05, 3.63) is 0 Å².